The summed E-state index contributed by atoms with van der Waals surface area (Å²) in [6.45, 7) is 16.4. The van der Waals surface area contributed by atoms with Crippen molar-refractivity contribution in [2.24, 2.45) is 33.5 Å². The minimum Gasteiger partial charge on any atom is -0.458 e. The fourth-order valence-corrected chi connectivity index (χ4v) is 9.11. The minimum absolute atomic E-state index is 0.0155. The maximum Gasteiger partial charge on any atom is 0.362 e. The highest BCUT2D eigenvalue weighted by Crippen LogP contribution is 2.67. The number of hydrogen-bond donors (Lipinski definition) is 0. The number of quaternary nitrogens is 1. The predicted molar refractivity (Wildman–Crippen MR) is 132 cm³/mol. The molecule has 0 aromatic rings. The first-order chi connectivity index (χ1) is 15.8. The molecule has 5 heteroatoms. The second-order valence-corrected chi connectivity index (χ2v) is 14.3. The standard InChI is InChI=1S/C29H48NO4/c1-26(2)20-10-12-28(26,5)22(16-20)33-24(31)18-30(14-8-7-9-15-30)19-25(32)34-23-17-21-11-13-29(23,6)27(21,3)4/h20-23H,7-19H2,1-6H3/q+1/t20-,21+,22-,23-,28+,29+/m1/s1. The third-order valence-corrected chi connectivity index (χ3v) is 12.7. The zero-order chi connectivity index (χ0) is 24.6. The van der Waals surface area contributed by atoms with Crippen molar-refractivity contribution in [1.29, 1.82) is 0 Å². The number of carbonyl (C=O) groups is 2. The van der Waals surface area contributed by atoms with Gasteiger partial charge in [-0.1, -0.05) is 41.5 Å². The molecule has 34 heavy (non-hydrogen) atoms. The molecule has 0 unspecified atom stereocenters. The average Bonchev–Trinajstić information content (AvgIpc) is 3.26. The summed E-state index contributed by atoms with van der Waals surface area (Å²) >= 11 is 0. The molecule has 4 aliphatic carbocycles. The van der Waals surface area contributed by atoms with E-state index in [9.17, 15) is 9.59 Å². The Morgan fingerprint density at radius 3 is 1.44 bits per heavy atom. The third-order valence-electron chi connectivity index (χ3n) is 12.7. The Morgan fingerprint density at radius 2 is 1.12 bits per heavy atom. The monoisotopic (exact) mass is 474 g/mol. The zero-order valence-corrected chi connectivity index (χ0v) is 22.6. The number of nitrogens with zero attached hydrogens (tertiary/aromatic N) is 1. The van der Waals surface area contributed by atoms with Crippen LogP contribution in [-0.2, 0) is 19.1 Å². The van der Waals surface area contributed by atoms with E-state index in [0.29, 0.717) is 29.4 Å². The molecule has 1 saturated heterocycles. The van der Waals surface area contributed by atoms with E-state index < -0.39 is 0 Å². The number of hydrogen-bond acceptors (Lipinski definition) is 4. The van der Waals surface area contributed by atoms with Gasteiger partial charge in [-0.15, -0.1) is 0 Å². The first-order valence-electron chi connectivity index (χ1n) is 14.1. The molecule has 192 valence electrons. The number of fused-ring (bicyclic) bond motifs is 4. The molecule has 0 radical (unpaired) electrons. The maximum atomic E-state index is 13.3. The third kappa shape index (κ3) is 3.50. The number of ether oxygens (including phenoxy) is 2. The highest BCUT2D eigenvalue weighted by molar-refractivity contribution is 5.73. The van der Waals surface area contributed by atoms with E-state index >= 15 is 0 Å². The van der Waals surface area contributed by atoms with Crippen LogP contribution in [-0.4, -0.2) is 54.8 Å². The average molecular weight is 475 g/mol. The van der Waals surface area contributed by atoms with Crippen LogP contribution < -0.4 is 0 Å². The largest absolute Gasteiger partial charge is 0.458 e. The predicted octanol–water partition coefficient (Wildman–Crippen LogP) is 5.50. The van der Waals surface area contributed by atoms with Crippen LogP contribution in [0.2, 0.25) is 0 Å². The van der Waals surface area contributed by atoms with E-state index in [0.717, 1.165) is 51.6 Å². The quantitative estimate of drug-likeness (QED) is 0.377. The van der Waals surface area contributed by atoms with Crippen LogP contribution in [0.25, 0.3) is 0 Å². The second-order valence-electron chi connectivity index (χ2n) is 14.3. The molecule has 4 saturated carbocycles. The first kappa shape index (κ1) is 24.6. The highest BCUT2D eigenvalue weighted by atomic mass is 16.6. The van der Waals surface area contributed by atoms with Crippen LogP contribution in [0.1, 0.15) is 99.3 Å². The number of piperidine rings is 1. The molecule has 0 aromatic heterocycles. The van der Waals surface area contributed by atoms with Crippen molar-refractivity contribution < 1.29 is 23.5 Å². The van der Waals surface area contributed by atoms with Gasteiger partial charge >= 0.3 is 11.9 Å². The summed E-state index contributed by atoms with van der Waals surface area (Å²) in [5, 5.41) is 0. The summed E-state index contributed by atoms with van der Waals surface area (Å²) in [6, 6.07) is 0. The van der Waals surface area contributed by atoms with Gasteiger partial charge in [0.1, 0.15) is 12.2 Å². The van der Waals surface area contributed by atoms with Crippen molar-refractivity contribution in [1.82, 2.24) is 0 Å². The van der Waals surface area contributed by atoms with E-state index in [1.807, 2.05) is 0 Å². The lowest BCUT2D eigenvalue weighted by molar-refractivity contribution is -0.919. The lowest BCUT2D eigenvalue weighted by atomic mass is 9.70. The summed E-state index contributed by atoms with van der Waals surface area (Å²) in [7, 11) is 0. The van der Waals surface area contributed by atoms with Crippen molar-refractivity contribution >= 4 is 11.9 Å². The Hall–Kier alpha value is -1.10. The lowest BCUT2D eigenvalue weighted by Gasteiger charge is -2.42. The molecule has 5 nitrogen and oxygen atoms in total. The van der Waals surface area contributed by atoms with Gasteiger partial charge in [0.25, 0.3) is 0 Å². The molecule has 0 spiro atoms. The molecule has 5 fully saturated rings. The highest BCUT2D eigenvalue weighted by Gasteiger charge is 2.64. The van der Waals surface area contributed by atoms with Crippen LogP contribution >= 0.6 is 0 Å². The minimum atomic E-state index is -0.114. The molecule has 0 amide bonds. The Bertz CT molecular complexity index is 781. The van der Waals surface area contributed by atoms with Crippen LogP contribution in [0.5, 0.6) is 0 Å². The molecule has 1 aliphatic heterocycles. The molecule has 6 atom stereocenters. The van der Waals surface area contributed by atoms with Crippen LogP contribution in [0.4, 0.5) is 0 Å². The molecule has 5 rings (SSSR count). The summed E-state index contributed by atoms with van der Waals surface area (Å²) < 4.78 is 12.9. The molecule has 5 aliphatic rings. The lowest BCUT2D eigenvalue weighted by Crippen LogP contribution is -2.58. The SMILES string of the molecule is CC1(C)[C@@H]2CC[C@@]1(C)[C@H](OC(=O)C[N+]1(CC(=O)O[C@@H]3C[C@@H]4CC[C@]3(C)C4(C)C)CCCCC1)C2. The van der Waals surface area contributed by atoms with Crippen molar-refractivity contribution in [3.05, 3.63) is 0 Å². The van der Waals surface area contributed by atoms with Gasteiger partial charge in [0.05, 0.1) is 13.1 Å². The Kier molecular flexibility index (Phi) is 5.75. The topological polar surface area (TPSA) is 52.6 Å². The normalized spacial score (nSPS) is 43.1. The number of carbonyl (C=O) groups excluding carboxylic acids is 2. The second kappa shape index (κ2) is 7.95. The smallest absolute Gasteiger partial charge is 0.362 e. The molecule has 0 aromatic carbocycles. The summed E-state index contributed by atoms with van der Waals surface area (Å²) in [4.78, 5) is 26.6. The van der Waals surface area contributed by atoms with Crippen molar-refractivity contribution in [2.75, 3.05) is 26.2 Å². The van der Waals surface area contributed by atoms with E-state index in [4.69, 9.17) is 9.47 Å². The van der Waals surface area contributed by atoms with Gasteiger partial charge in [0.2, 0.25) is 0 Å². The van der Waals surface area contributed by atoms with Crippen LogP contribution in [0.15, 0.2) is 0 Å². The van der Waals surface area contributed by atoms with Crippen molar-refractivity contribution in [3.8, 4) is 0 Å². The molecule has 0 N–H and O–H groups in total. The van der Waals surface area contributed by atoms with Crippen LogP contribution in [0, 0.1) is 33.5 Å². The molecule has 4 bridgehead atoms. The molecule has 1 heterocycles. The van der Waals surface area contributed by atoms with Gasteiger partial charge in [0, 0.05) is 10.8 Å². The van der Waals surface area contributed by atoms with Gasteiger partial charge in [-0.2, -0.15) is 0 Å². The maximum absolute atomic E-state index is 13.3. The Labute approximate surface area is 206 Å². The summed E-state index contributed by atoms with van der Waals surface area (Å²) in [5.41, 5.74) is 0.597. The Balaban J connectivity index is 1.23. The van der Waals surface area contributed by atoms with Crippen LogP contribution in [0.3, 0.4) is 0 Å². The van der Waals surface area contributed by atoms with Gasteiger partial charge in [-0.3, -0.25) is 0 Å². The summed E-state index contributed by atoms with van der Waals surface area (Å²) in [5.74, 6) is 1.07. The first-order valence-corrected chi connectivity index (χ1v) is 14.1. The number of rotatable bonds is 6. The van der Waals surface area contributed by atoms with E-state index in [1.54, 1.807) is 0 Å². The molecular weight excluding hydrogens is 426 g/mol. The van der Waals surface area contributed by atoms with Crippen molar-refractivity contribution in [3.63, 3.8) is 0 Å². The van der Waals surface area contributed by atoms with E-state index in [-0.39, 0.29) is 45.8 Å². The molecular formula is C29H48NO4+. The Morgan fingerprint density at radius 1 is 0.706 bits per heavy atom. The van der Waals surface area contributed by atoms with Gasteiger partial charge in [0.15, 0.2) is 13.1 Å². The fourth-order valence-electron chi connectivity index (χ4n) is 9.11. The van der Waals surface area contributed by atoms with Gasteiger partial charge in [-0.25, -0.2) is 9.59 Å². The van der Waals surface area contributed by atoms with E-state index in [2.05, 4.69) is 41.5 Å². The van der Waals surface area contributed by atoms with Crippen molar-refractivity contribution in [2.45, 2.75) is 112 Å². The zero-order valence-electron chi connectivity index (χ0n) is 22.6. The van der Waals surface area contributed by atoms with E-state index in [1.165, 1.54) is 19.3 Å². The fraction of sp³-hybridized carbons (Fsp3) is 0.931. The summed E-state index contributed by atoms with van der Waals surface area (Å²) in [6.07, 6.45) is 10.1. The number of esters is 2. The van der Waals surface area contributed by atoms with Gasteiger partial charge in [-0.05, 0) is 80.5 Å². The number of likely N-dealkylation sites (tertiary alicyclic amines) is 1. The van der Waals surface area contributed by atoms with Gasteiger partial charge < -0.3 is 14.0 Å².